The summed E-state index contributed by atoms with van der Waals surface area (Å²) in [4.78, 5) is 0. The minimum absolute atomic E-state index is 0. The van der Waals surface area contributed by atoms with Crippen molar-refractivity contribution in [2.24, 2.45) is 0 Å². The summed E-state index contributed by atoms with van der Waals surface area (Å²) >= 11 is 0. The van der Waals surface area contributed by atoms with Crippen molar-refractivity contribution in [3.05, 3.63) is 70.8 Å². The molecule has 2 rings (SSSR count). The molecule has 0 fully saturated rings. The average molecular weight is 407 g/mol. The van der Waals surface area contributed by atoms with Crippen molar-refractivity contribution in [3.63, 3.8) is 0 Å². The molecular formula is C16H18Au. The summed E-state index contributed by atoms with van der Waals surface area (Å²) in [5, 5.41) is 0. The first-order chi connectivity index (χ1) is 7.75. The molecule has 2 aromatic rings. The van der Waals surface area contributed by atoms with Gasteiger partial charge in [-0.05, 0) is 43.4 Å². The van der Waals surface area contributed by atoms with Gasteiger partial charge in [0.15, 0.2) is 0 Å². The number of hydrogen-bond donors (Lipinski definition) is 0. The Morgan fingerprint density at radius 1 is 0.824 bits per heavy atom. The van der Waals surface area contributed by atoms with Gasteiger partial charge in [0.25, 0.3) is 0 Å². The molecule has 1 heteroatoms. The van der Waals surface area contributed by atoms with Crippen LogP contribution in [-0.2, 0) is 35.2 Å². The summed E-state index contributed by atoms with van der Waals surface area (Å²) in [5.74, 6) is 0. The summed E-state index contributed by atoms with van der Waals surface area (Å²) < 4.78 is 0. The van der Waals surface area contributed by atoms with E-state index in [1.54, 1.807) is 0 Å². The van der Waals surface area contributed by atoms with E-state index in [1.165, 1.54) is 22.3 Å². The van der Waals surface area contributed by atoms with Crippen LogP contribution in [0.1, 0.15) is 22.3 Å². The summed E-state index contributed by atoms with van der Waals surface area (Å²) in [7, 11) is 0. The maximum atomic E-state index is 2.26. The zero-order valence-corrected chi connectivity index (χ0v) is 12.5. The standard InChI is InChI=1S/C16H18.Au/c1-13-8-10-16(14(2)12-13)11-9-15-6-4-3-5-7-15;/h3-8,10,12H,9,11H2,1-2H3;. The second-order valence-electron chi connectivity index (χ2n) is 4.42. The molecule has 0 saturated heterocycles. The second kappa shape index (κ2) is 6.80. The van der Waals surface area contributed by atoms with E-state index < -0.39 is 0 Å². The first kappa shape index (κ1) is 14.2. The topological polar surface area (TPSA) is 0 Å². The fraction of sp³-hybridized carbons (Fsp3) is 0.250. The van der Waals surface area contributed by atoms with E-state index in [-0.39, 0.29) is 22.4 Å². The Balaban J connectivity index is 0.00000144. The van der Waals surface area contributed by atoms with Gasteiger partial charge in [0.05, 0.1) is 0 Å². The molecule has 0 aliphatic heterocycles. The molecule has 93 valence electrons. The Morgan fingerprint density at radius 2 is 1.53 bits per heavy atom. The molecule has 0 N–H and O–H groups in total. The summed E-state index contributed by atoms with van der Waals surface area (Å²) in [5.41, 5.74) is 5.65. The van der Waals surface area contributed by atoms with Gasteiger partial charge in [0.1, 0.15) is 0 Å². The maximum Gasteiger partial charge on any atom is 0 e. The molecule has 0 nitrogen and oxygen atoms in total. The summed E-state index contributed by atoms with van der Waals surface area (Å²) in [6.07, 6.45) is 2.26. The fourth-order valence-electron chi connectivity index (χ4n) is 2.05. The van der Waals surface area contributed by atoms with Crippen LogP contribution in [0.4, 0.5) is 0 Å². The predicted octanol–water partition coefficient (Wildman–Crippen LogP) is 4.09. The van der Waals surface area contributed by atoms with Gasteiger partial charge < -0.3 is 0 Å². The van der Waals surface area contributed by atoms with Gasteiger partial charge in [-0.1, -0.05) is 54.1 Å². The number of benzene rings is 2. The van der Waals surface area contributed by atoms with Gasteiger partial charge in [0, 0.05) is 22.4 Å². The van der Waals surface area contributed by atoms with Gasteiger partial charge in [-0.3, -0.25) is 0 Å². The smallest absolute Gasteiger partial charge is 0 e. The van der Waals surface area contributed by atoms with Crippen LogP contribution < -0.4 is 0 Å². The molecule has 0 bridgehead atoms. The van der Waals surface area contributed by atoms with Crippen molar-refractivity contribution in [2.45, 2.75) is 26.7 Å². The van der Waals surface area contributed by atoms with E-state index in [0.29, 0.717) is 0 Å². The van der Waals surface area contributed by atoms with E-state index in [1.807, 2.05) is 0 Å². The van der Waals surface area contributed by atoms with Crippen LogP contribution in [0.5, 0.6) is 0 Å². The third-order valence-corrected chi connectivity index (χ3v) is 3.02. The van der Waals surface area contributed by atoms with E-state index >= 15 is 0 Å². The monoisotopic (exact) mass is 407 g/mol. The normalized spacial score (nSPS) is 9.76. The molecule has 0 saturated carbocycles. The van der Waals surface area contributed by atoms with Crippen LogP contribution >= 0.6 is 0 Å². The zero-order valence-electron chi connectivity index (χ0n) is 10.3. The van der Waals surface area contributed by atoms with Crippen LogP contribution in [0.15, 0.2) is 48.5 Å². The van der Waals surface area contributed by atoms with Crippen molar-refractivity contribution in [1.82, 2.24) is 0 Å². The first-order valence-electron chi connectivity index (χ1n) is 5.86. The Morgan fingerprint density at radius 3 is 2.18 bits per heavy atom. The van der Waals surface area contributed by atoms with Crippen LogP contribution in [-0.4, -0.2) is 0 Å². The number of hydrogen-bond acceptors (Lipinski definition) is 0. The molecule has 2 aromatic carbocycles. The van der Waals surface area contributed by atoms with Gasteiger partial charge in [-0.2, -0.15) is 0 Å². The van der Waals surface area contributed by atoms with Gasteiger partial charge in [0.2, 0.25) is 0 Å². The molecule has 0 unspecified atom stereocenters. The Labute approximate surface area is 120 Å². The quantitative estimate of drug-likeness (QED) is 0.673. The Kier molecular flexibility index (Phi) is 5.70. The van der Waals surface area contributed by atoms with E-state index in [4.69, 9.17) is 0 Å². The van der Waals surface area contributed by atoms with Gasteiger partial charge in [-0.25, -0.2) is 0 Å². The van der Waals surface area contributed by atoms with Gasteiger partial charge >= 0.3 is 0 Å². The van der Waals surface area contributed by atoms with Crippen molar-refractivity contribution >= 4 is 0 Å². The molecule has 0 aliphatic carbocycles. The van der Waals surface area contributed by atoms with Crippen molar-refractivity contribution in [2.75, 3.05) is 0 Å². The van der Waals surface area contributed by atoms with Crippen molar-refractivity contribution in [3.8, 4) is 0 Å². The molecule has 1 radical (unpaired) electrons. The van der Waals surface area contributed by atoms with Crippen molar-refractivity contribution in [1.29, 1.82) is 0 Å². The molecule has 17 heavy (non-hydrogen) atoms. The summed E-state index contributed by atoms with van der Waals surface area (Å²) in [6.45, 7) is 4.35. The van der Waals surface area contributed by atoms with E-state index in [2.05, 4.69) is 62.4 Å². The molecule has 0 atom stereocenters. The molecule has 0 heterocycles. The predicted molar refractivity (Wildman–Crippen MR) is 69.8 cm³/mol. The molecule has 0 spiro atoms. The van der Waals surface area contributed by atoms with E-state index in [9.17, 15) is 0 Å². The SMILES string of the molecule is Cc1ccc(CCc2ccccc2)c(C)c1.[Au]. The molecule has 0 aliphatic rings. The minimum atomic E-state index is 0. The van der Waals surface area contributed by atoms with Crippen LogP contribution in [0, 0.1) is 13.8 Å². The van der Waals surface area contributed by atoms with Gasteiger partial charge in [-0.15, -0.1) is 0 Å². The molecular weight excluding hydrogens is 389 g/mol. The molecule has 0 aromatic heterocycles. The summed E-state index contributed by atoms with van der Waals surface area (Å²) in [6, 6.07) is 17.4. The first-order valence-corrected chi connectivity index (χ1v) is 5.86. The third-order valence-electron chi connectivity index (χ3n) is 3.02. The van der Waals surface area contributed by atoms with Crippen LogP contribution in [0.25, 0.3) is 0 Å². The Hall–Kier alpha value is -0.820. The fourth-order valence-corrected chi connectivity index (χ4v) is 2.05. The van der Waals surface area contributed by atoms with Crippen LogP contribution in [0.3, 0.4) is 0 Å². The molecule has 0 amide bonds. The minimum Gasteiger partial charge on any atom is -0.0622 e. The largest absolute Gasteiger partial charge is 0.0622 e. The van der Waals surface area contributed by atoms with E-state index in [0.717, 1.165) is 12.8 Å². The number of rotatable bonds is 3. The third kappa shape index (κ3) is 4.16. The maximum absolute atomic E-state index is 2.26. The average Bonchev–Trinajstić information content (AvgIpc) is 2.29. The zero-order chi connectivity index (χ0) is 11.4. The second-order valence-corrected chi connectivity index (χ2v) is 4.42. The van der Waals surface area contributed by atoms with Crippen LogP contribution in [0.2, 0.25) is 0 Å². The Bertz CT molecular complexity index is 460. The number of aryl methyl sites for hydroxylation is 4. The van der Waals surface area contributed by atoms with Crippen molar-refractivity contribution < 1.29 is 22.4 Å².